The third kappa shape index (κ3) is 1.78. The molecule has 0 bridgehead atoms. The highest BCUT2D eigenvalue weighted by Gasteiger charge is 2.46. The van der Waals surface area contributed by atoms with Crippen molar-refractivity contribution in [3.63, 3.8) is 0 Å². The molecule has 0 spiro atoms. The van der Waals surface area contributed by atoms with Crippen LogP contribution in [0.1, 0.15) is 55.6 Å². The second-order valence-corrected chi connectivity index (χ2v) is 6.73. The molecule has 3 aliphatic carbocycles. The summed E-state index contributed by atoms with van der Waals surface area (Å²) in [6.07, 6.45) is 8.47. The van der Waals surface area contributed by atoms with E-state index in [4.69, 9.17) is 0 Å². The number of hydrogen-bond acceptors (Lipinski definition) is 1. The number of carbonyl (C=O) groups is 1. The van der Waals surface area contributed by atoms with Gasteiger partial charge in [0.25, 0.3) is 0 Å². The van der Waals surface area contributed by atoms with E-state index in [0.717, 1.165) is 12.3 Å². The van der Waals surface area contributed by atoms with Crippen LogP contribution in [0.15, 0.2) is 24.3 Å². The molecule has 4 rings (SSSR count). The lowest BCUT2D eigenvalue weighted by Crippen LogP contribution is -2.43. The van der Waals surface area contributed by atoms with Crippen molar-refractivity contribution in [1.82, 2.24) is 0 Å². The maximum atomic E-state index is 12.5. The third-order valence-corrected chi connectivity index (χ3v) is 5.92. The van der Waals surface area contributed by atoms with Crippen molar-refractivity contribution < 1.29 is 4.79 Å². The zero-order valence-corrected chi connectivity index (χ0v) is 11.5. The normalized spacial score (nSPS) is 37.2. The minimum absolute atomic E-state index is 0.417. The van der Waals surface area contributed by atoms with E-state index < -0.39 is 0 Å². The van der Waals surface area contributed by atoms with Crippen LogP contribution < -0.4 is 0 Å². The van der Waals surface area contributed by atoms with Gasteiger partial charge in [0, 0.05) is 12.3 Å². The van der Waals surface area contributed by atoms with Crippen LogP contribution in [-0.4, -0.2) is 5.78 Å². The van der Waals surface area contributed by atoms with Gasteiger partial charge in [-0.25, -0.2) is 0 Å². The Bertz CT molecular complexity index is 504. The minimum Gasteiger partial charge on any atom is -0.299 e. The van der Waals surface area contributed by atoms with Gasteiger partial charge in [-0.05, 0) is 54.6 Å². The standard InChI is InChI=1S/C18H22O/c19-18-11-17-13-6-2-1-5-12(13)9-10-15(17)14-7-3-4-8-16(14)18/h1-2,5-6,14-17H,3-4,7-11H2. The maximum Gasteiger partial charge on any atom is 0.136 e. The molecule has 0 aromatic heterocycles. The number of aryl methyl sites for hydroxylation is 1. The lowest BCUT2D eigenvalue weighted by Gasteiger charge is -2.47. The van der Waals surface area contributed by atoms with Gasteiger partial charge in [0.15, 0.2) is 0 Å². The Morgan fingerprint density at radius 3 is 2.63 bits per heavy atom. The van der Waals surface area contributed by atoms with Gasteiger partial charge in [-0.15, -0.1) is 0 Å². The molecule has 19 heavy (non-hydrogen) atoms. The molecule has 0 aliphatic heterocycles. The van der Waals surface area contributed by atoms with Crippen LogP contribution in [0.4, 0.5) is 0 Å². The van der Waals surface area contributed by atoms with Gasteiger partial charge in [0.1, 0.15) is 5.78 Å². The second kappa shape index (κ2) is 4.47. The molecule has 4 unspecified atom stereocenters. The second-order valence-electron chi connectivity index (χ2n) is 6.73. The molecule has 2 fully saturated rings. The van der Waals surface area contributed by atoms with Gasteiger partial charge < -0.3 is 0 Å². The van der Waals surface area contributed by atoms with Gasteiger partial charge in [0.2, 0.25) is 0 Å². The molecule has 0 saturated heterocycles. The first-order chi connectivity index (χ1) is 9.34. The molecular weight excluding hydrogens is 232 g/mol. The van der Waals surface area contributed by atoms with Crippen molar-refractivity contribution in [1.29, 1.82) is 0 Å². The van der Waals surface area contributed by atoms with E-state index in [0.29, 0.717) is 23.5 Å². The molecule has 1 aromatic carbocycles. The lowest BCUT2D eigenvalue weighted by atomic mass is 9.56. The molecule has 1 aromatic rings. The highest BCUT2D eigenvalue weighted by atomic mass is 16.1. The van der Waals surface area contributed by atoms with Crippen LogP contribution in [0.5, 0.6) is 0 Å². The van der Waals surface area contributed by atoms with Crippen molar-refractivity contribution in [2.45, 2.75) is 50.9 Å². The Hall–Kier alpha value is -1.11. The van der Waals surface area contributed by atoms with Crippen molar-refractivity contribution in [2.75, 3.05) is 0 Å². The first kappa shape index (κ1) is 11.7. The van der Waals surface area contributed by atoms with E-state index in [1.165, 1.54) is 49.7 Å². The topological polar surface area (TPSA) is 17.1 Å². The van der Waals surface area contributed by atoms with E-state index in [1.807, 2.05) is 0 Å². The predicted octanol–water partition coefficient (Wildman–Crippen LogP) is 4.11. The summed E-state index contributed by atoms with van der Waals surface area (Å²) >= 11 is 0. The maximum absolute atomic E-state index is 12.5. The highest BCUT2D eigenvalue weighted by Crippen LogP contribution is 2.52. The van der Waals surface area contributed by atoms with Gasteiger partial charge in [-0.1, -0.05) is 37.1 Å². The minimum atomic E-state index is 0.417. The van der Waals surface area contributed by atoms with Crippen LogP contribution in [0, 0.1) is 17.8 Å². The fraction of sp³-hybridized carbons (Fsp3) is 0.611. The fourth-order valence-electron chi connectivity index (χ4n) is 5.09. The molecule has 1 heteroatoms. The zero-order chi connectivity index (χ0) is 12.8. The number of ketones is 1. The monoisotopic (exact) mass is 254 g/mol. The van der Waals surface area contributed by atoms with E-state index >= 15 is 0 Å². The van der Waals surface area contributed by atoms with E-state index in [1.54, 1.807) is 0 Å². The van der Waals surface area contributed by atoms with E-state index in [9.17, 15) is 4.79 Å². The third-order valence-electron chi connectivity index (χ3n) is 5.92. The summed E-state index contributed by atoms with van der Waals surface area (Å²) < 4.78 is 0. The average Bonchev–Trinajstić information content (AvgIpc) is 2.47. The molecular formula is C18H22O. The highest BCUT2D eigenvalue weighted by molar-refractivity contribution is 5.83. The molecule has 3 aliphatic rings. The number of fused-ring (bicyclic) bond motifs is 5. The number of Topliss-reactive ketones (excluding diaryl/α,β-unsaturated/α-hetero) is 1. The smallest absolute Gasteiger partial charge is 0.136 e. The quantitative estimate of drug-likeness (QED) is 0.681. The molecule has 0 heterocycles. The largest absolute Gasteiger partial charge is 0.299 e. The molecule has 1 nitrogen and oxygen atoms in total. The lowest BCUT2D eigenvalue weighted by molar-refractivity contribution is -0.131. The average molecular weight is 254 g/mol. The number of benzene rings is 1. The molecule has 100 valence electrons. The Kier molecular flexibility index (Phi) is 2.75. The summed E-state index contributed by atoms with van der Waals surface area (Å²) in [5, 5.41) is 0. The Morgan fingerprint density at radius 1 is 0.895 bits per heavy atom. The van der Waals surface area contributed by atoms with Crippen LogP contribution in [0.25, 0.3) is 0 Å². The van der Waals surface area contributed by atoms with Gasteiger partial charge in [-0.3, -0.25) is 4.79 Å². The summed E-state index contributed by atoms with van der Waals surface area (Å²) in [6.45, 7) is 0. The van der Waals surface area contributed by atoms with Crippen molar-refractivity contribution >= 4 is 5.78 Å². The van der Waals surface area contributed by atoms with E-state index in [2.05, 4.69) is 24.3 Å². The molecule has 0 N–H and O–H groups in total. The molecule has 0 amide bonds. The summed E-state index contributed by atoms with van der Waals surface area (Å²) in [7, 11) is 0. The Morgan fingerprint density at radius 2 is 1.68 bits per heavy atom. The number of rotatable bonds is 0. The summed E-state index contributed by atoms with van der Waals surface area (Å²) in [5.74, 6) is 3.02. The van der Waals surface area contributed by atoms with Gasteiger partial charge in [-0.2, -0.15) is 0 Å². The zero-order valence-electron chi connectivity index (χ0n) is 11.5. The fourth-order valence-corrected chi connectivity index (χ4v) is 5.09. The van der Waals surface area contributed by atoms with Crippen molar-refractivity contribution in [2.24, 2.45) is 17.8 Å². The number of carbonyl (C=O) groups excluding carboxylic acids is 1. The van der Waals surface area contributed by atoms with Crippen LogP contribution in [0.3, 0.4) is 0 Å². The number of hydrogen-bond donors (Lipinski definition) is 0. The van der Waals surface area contributed by atoms with Crippen LogP contribution >= 0.6 is 0 Å². The molecule has 0 radical (unpaired) electrons. The summed E-state index contributed by atoms with van der Waals surface area (Å²) in [6, 6.07) is 8.84. The Labute approximate surface area is 115 Å². The SMILES string of the molecule is O=C1CC2c3ccccc3CCC2C2CCCCC12. The summed E-state index contributed by atoms with van der Waals surface area (Å²) in [4.78, 5) is 12.5. The van der Waals surface area contributed by atoms with E-state index in [-0.39, 0.29) is 0 Å². The summed E-state index contributed by atoms with van der Waals surface area (Å²) in [5.41, 5.74) is 3.00. The van der Waals surface area contributed by atoms with Crippen molar-refractivity contribution in [3.8, 4) is 0 Å². The Balaban J connectivity index is 1.72. The molecule has 2 saturated carbocycles. The van der Waals surface area contributed by atoms with Crippen LogP contribution in [0.2, 0.25) is 0 Å². The molecule has 4 atom stereocenters. The van der Waals surface area contributed by atoms with Gasteiger partial charge in [0.05, 0.1) is 0 Å². The predicted molar refractivity (Wildman–Crippen MR) is 76.1 cm³/mol. The van der Waals surface area contributed by atoms with Gasteiger partial charge >= 0.3 is 0 Å². The van der Waals surface area contributed by atoms with Crippen LogP contribution in [-0.2, 0) is 11.2 Å². The first-order valence-electron chi connectivity index (χ1n) is 7.95. The van der Waals surface area contributed by atoms with Crippen molar-refractivity contribution in [3.05, 3.63) is 35.4 Å². The first-order valence-corrected chi connectivity index (χ1v) is 7.95.